The fourth-order valence-electron chi connectivity index (χ4n) is 0. The van der Waals surface area contributed by atoms with Crippen LogP contribution in [0.5, 0.6) is 0 Å². The molecule has 0 saturated carbocycles. The van der Waals surface area contributed by atoms with E-state index >= 15 is 0 Å². The van der Waals surface area contributed by atoms with E-state index in [2.05, 4.69) is 13.5 Å². The Bertz CT molecular complexity index is 47.1. The molecule has 0 aliphatic rings. The van der Waals surface area contributed by atoms with Crippen molar-refractivity contribution < 1.29 is 0 Å². The standard InChI is InChI=1S/2C4H8.C2H6/c2*1-3-4-2;1-2/h3-4H,1-2H3;3H,1,4H2,2H3;1-2H3/b4-3-;;. The van der Waals surface area contributed by atoms with Gasteiger partial charge in [0.15, 0.2) is 0 Å². The van der Waals surface area contributed by atoms with E-state index in [1.807, 2.05) is 45.9 Å². The first kappa shape index (κ1) is 16.2. The number of allylic oxidation sites excluding steroid dienone is 3. The molecule has 0 saturated heterocycles. The summed E-state index contributed by atoms with van der Waals surface area (Å²) in [5.74, 6) is 0. The van der Waals surface area contributed by atoms with Crippen molar-refractivity contribution in [3.05, 3.63) is 24.8 Å². The predicted octanol–water partition coefficient (Wildman–Crippen LogP) is 4.19. The zero-order chi connectivity index (χ0) is 8.83. The normalized spacial score (nSPS) is 6.90. The highest BCUT2D eigenvalue weighted by Gasteiger charge is 1.45. The van der Waals surface area contributed by atoms with Crippen LogP contribution in [0.3, 0.4) is 0 Å². The van der Waals surface area contributed by atoms with Crippen LogP contribution in [0, 0.1) is 0 Å². The maximum absolute atomic E-state index is 3.48. The third kappa shape index (κ3) is 143. The van der Waals surface area contributed by atoms with E-state index in [4.69, 9.17) is 0 Å². The fraction of sp³-hybridized carbons (Fsp3) is 0.600. The molecule has 0 aromatic rings. The van der Waals surface area contributed by atoms with E-state index in [0.29, 0.717) is 0 Å². The van der Waals surface area contributed by atoms with Gasteiger partial charge in [0.05, 0.1) is 0 Å². The van der Waals surface area contributed by atoms with Gasteiger partial charge >= 0.3 is 0 Å². The molecule has 0 nitrogen and oxygen atoms in total. The highest BCUT2D eigenvalue weighted by Crippen LogP contribution is 1.66. The van der Waals surface area contributed by atoms with E-state index in [-0.39, 0.29) is 0 Å². The second-order valence-electron chi connectivity index (χ2n) is 1.36. The Labute approximate surface area is 66.7 Å². The van der Waals surface area contributed by atoms with Crippen molar-refractivity contribution >= 4 is 0 Å². The van der Waals surface area contributed by atoms with Crippen LogP contribution >= 0.6 is 0 Å². The Kier molecular flexibility index (Phi) is 63.6. The SMILES string of the molecule is C/C=C\C.C=CCC.CC. The molecule has 62 valence electrons. The van der Waals surface area contributed by atoms with Gasteiger partial charge in [-0.3, -0.25) is 0 Å². The molecule has 0 fully saturated rings. The van der Waals surface area contributed by atoms with E-state index in [1.165, 1.54) is 0 Å². The lowest BCUT2D eigenvalue weighted by Gasteiger charge is -1.57. The second kappa shape index (κ2) is 39.2. The molecule has 0 aliphatic carbocycles. The molecule has 0 heterocycles. The van der Waals surface area contributed by atoms with Crippen molar-refractivity contribution in [2.75, 3.05) is 0 Å². The maximum Gasteiger partial charge on any atom is -0.0382 e. The Morgan fingerprint density at radius 1 is 1.10 bits per heavy atom. The fourth-order valence-corrected chi connectivity index (χ4v) is 0. The highest BCUT2D eigenvalue weighted by molar-refractivity contribution is 4.68. The largest absolute Gasteiger partial charge is 0.103 e. The number of hydrogen-bond donors (Lipinski definition) is 0. The van der Waals surface area contributed by atoms with Crippen LogP contribution in [-0.4, -0.2) is 0 Å². The van der Waals surface area contributed by atoms with Crippen LogP contribution in [0.4, 0.5) is 0 Å². The summed E-state index contributed by atoms with van der Waals surface area (Å²) < 4.78 is 0. The van der Waals surface area contributed by atoms with Gasteiger partial charge in [0, 0.05) is 0 Å². The van der Waals surface area contributed by atoms with Gasteiger partial charge in [-0.25, -0.2) is 0 Å². The van der Waals surface area contributed by atoms with E-state index < -0.39 is 0 Å². The highest BCUT2D eigenvalue weighted by atomic mass is 13.5. The minimum absolute atomic E-state index is 1.08. The third-order valence-corrected chi connectivity index (χ3v) is 0.622. The van der Waals surface area contributed by atoms with Gasteiger partial charge in [-0.2, -0.15) is 0 Å². The lowest BCUT2D eigenvalue weighted by Crippen LogP contribution is -1.36. The first-order valence-corrected chi connectivity index (χ1v) is 4.01. The summed E-state index contributed by atoms with van der Waals surface area (Å²) in [5, 5.41) is 0. The molecule has 0 unspecified atom stereocenters. The van der Waals surface area contributed by atoms with Gasteiger partial charge in [0.25, 0.3) is 0 Å². The Balaban J connectivity index is -0.0000000787. The van der Waals surface area contributed by atoms with Gasteiger partial charge in [-0.15, -0.1) is 6.58 Å². The topological polar surface area (TPSA) is 0 Å². The van der Waals surface area contributed by atoms with E-state index in [1.54, 1.807) is 0 Å². The summed E-state index contributed by atoms with van der Waals surface area (Å²) in [5.41, 5.74) is 0. The molecule has 0 aliphatic heterocycles. The van der Waals surface area contributed by atoms with Crippen LogP contribution < -0.4 is 0 Å². The predicted molar refractivity (Wildman–Crippen MR) is 52.3 cm³/mol. The molecular formula is C10H22. The van der Waals surface area contributed by atoms with Crippen molar-refractivity contribution in [1.29, 1.82) is 0 Å². The van der Waals surface area contributed by atoms with Gasteiger partial charge in [-0.05, 0) is 20.3 Å². The molecule has 0 spiro atoms. The summed E-state index contributed by atoms with van der Waals surface area (Å²) in [6.45, 7) is 13.5. The minimum Gasteiger partial charge on any atom is -0.103 e. The molecule has 0 atom stereocenters. The van der Waals surface area contributed by atoms with Crippen LogP contribution in [0.25, 0.3) is 0 Å². The smallest absolute Gasteiger partial charge is 0.0382 e. The zero-order valence-corrected chi connectivity index (χ0v) is 8.15. The lowest BCUT2D eigenvalue weighted by atomic mass is 10.5. The molecule has 0 heteroatoms. The minimum atomic E-state index is 1.08. The first-order valence-electron chi connectivity index (χ1n) is 4.01. The molecule has 10 heavy (non-hydrogen) atoms. The van der Waals surface area contributed by atoms with Crippen molar-refractivity contribution in [1.82, 2.24) is 0 Å². The van der Waals surface area contributed by atoms with Crippen LogP contribution in [0.15, 0.2) is 24.8 Å². The van der Waals surface area contributed by atoms with Gasteiger partial charge < -0.3 is 0 Å². The molecule has 0 N–H and O–H groups in total. The Hall–Kier alpha value is -0.520. The molecular weight excluding hydrogens is 120 g/mol. The third-order valence-electron chi connectivity index (χ3n) is 0.622. The van der Waals surface area contributed by atoms with Crippen LogP contribution in [0.1, 0.15) is 41.0 Å². The van der Waals surface area contributed by atoms with Crippen molar-refractivity contribution in [2.45, 2.75) is 41.0 Å². The van der Waals surface area contributed by atoms with Crippen LogP contribution in [-0.2, 0) is 0 Å². The zero-order valence-electron chi connectivity index (χ0n) is 8.15. The van der Waals surface area contributed by atoms with Crippen LogP contribution in [0.2, 0.25) is 0 Å². The quantitative estimate of drug-likeness (QED) is 0.481. The van der Waals surface area contributed by atoms with Gasteiger partial charge in [0.2, 0.25) is 0 Å². The summed E-state index contributed by atoms with van der Waals surface area (Å²) in [7, 11) is 0. The van der Waals surface area contributed by atoms with Gasteiger partial charge in [0.1, 0.15) is 0 Å². The summed E-state index contributed by atoms with van der Waals surface area (Å²) in [6.07, 6.45) is 6.96. The molecule has 0 bridgehead atoms. The first-order chi connectivity index (χ1) is 4.83. The maximum atomic E-state index is 3.48. The van der Waals surface area contributed by atoms with E-state index in [0.717, 1.165) is 6.42 Å². The summed E-state index contributed by atoms with van der Waals surface area (Å²) in [4.78, 5) is 0. The Morgan fingerprint density at radius 3 is 1.30 bits per heavy atom. The monoisotopic (exact) mass is 142 g/mol. The van der Waals surface area contributed by atoms with Crippen molar-refractivity contribution in [3.63, 3.8) is 0 Å². The molecule has 0 aromatic heterocycles. The number of hydrogen-bond acceptors (Lipinski definition) is 0. The van der Waals surface area contributed by atoms with Crippen molar-refractivity contribution in [2.24, 2.45) is 0 Å². The summed E-state index contributed by atoms with van der Waals surface area (Å²) >= 11 is 0. The average molecular weight is 142 g/mol. The molecule has 0 amide bonds. The summed E-state index contributed by atoms with van der Waals surface area (Å²) in [6, 6.07) is 0. The average Bonchev–Trinajstić information content (AvgIpc) is 2.08. The van der Waals surface area contributed by atoms with Crippen molar-refractivity contribution in [3.8, 4) is 0 Å². The molecule has 0 rings (SSSR count). The molecule has 0 aromatic carbocycles. The lowest BCUT2D eigenvalue weighted by molar-refractivity contribution is 1.23. The van der Waals surface area contributed by atoms with Gasteiger partial charge in [-0.1, -0.05) is 39.0 Å². The van der Waals surface area contributed by atoms with E-state index in [9.17, 15) is 0 Å². The Morgan fingerprint density at radius 2 is 1.30 bits per heavy atom. The molecule has 0 radical (unpaired) electrons. The second-order valence-corrected chi connectivity index (χ2v) is 1.36. The number of rotatable bonds is 1.